The van der Waals surface area contributed by atoms with Gasteiger partial charge < -0.3 is 14.5 Å². The van der Waals surface area contributed by atoms with Crippen molar-refractivity contribution in [2.45, 2.75) is 71.5 Å². The molecule has 2 aliphatic rings. The van der Waals surface area contributed by atoms with E-state index in [9.17, 15) is 4.79 Å². The number of esters is 1. The fraction of sp³-hybridized carbons (Fsp3) is 0.895. The molecule has 1 aromatic heterocycles. The van der Waals surface area contributed by atoms with Crippen LogP contribution in [0.15, 0.2) is 0 Å². The summed E-state index contributed by atoms with van der Waals surface area (Å²) in [5, 5.41) is 12.2. The van der Waals surface area contributed by atoms with E-state index in [0.29, 0.717) is 12.5 Å². The van der Waals surface area contributed by atoms with Crippen LogP contribution in [0.1, 0.15) is 64.7 Å². The molecule has 0 bridgehead atoms. The van der Waals surface area contributed by atoms with Crippen LogP contribution < -0.4 is 9.80 Å². The van der Waals surface area contributed by atoms with E-state index in [2.05, 4.69) is 29.4 Å². The summed E-state index contributed by atoms with van der Waals surface area (Å²) < 4.78 is 6.71. The molecule has 2 N–H and O–H groups in total. The van der Waals surface area contributed by atoms with Crippen molar-refractivity contribution in [3.63, 3.8) is 0 Å². The number of hydrogen-bond donors (Lipinski definition) is 2. The van der Waals surface area contributed by atoms with Crippen LogP contribution in [0.5, 0.6) is 0 Å². The van der Waals surface area contributed by atoms with E-state index in [1.807, 2.05) is 6.92 Å². The lowest BCUT2D eigenvalue weighted by molar-refractivity contribution is -1.04. The number of tetrazole rings is 1. The molecule has 8 heteroatoms. The van der Waals surface area contributed by atoms with Gasteiger partial charge in [-0.3, -0.25) is 4.79 Å². The van der Waals surface area contributed by atoms with Gasteiger partial charge in [-0.2, -0.15) is 0 Å². The Labute approximate surface area is 162 Å². The van der Waals surface area contributed by atoms with E-state index in [-0.39, 0.29) is 18.6 Å². The highest BCUT2D eigenvalue weighted by molar-refractivity contribution is 5.69. The van der Waals surface area contributed by atoms with Gasteiger partial charge in [-0.25, -0.2) is 4.68 Å². The highest BCUT2D eigenvalue weighted by atomic mass is 16.5. The summed E-state index contributed by atoms with van der Waals surface area (Å²) in [6, 6.07) is 1.08. The number of nitrogens with zero attached hydrogens (tertiary/aromatic N) is 4. The minimum Gasteiger partial charge on any atom is -0.465 e. The second-order valence-corrected chi connectivity index (χ2v) is 8.37. The molecule has 1 aliphatic carbocycles. The van der Waals surface area contributed by atoms with Crippen LogP contribution in [0.3, 0.4) is 0 Å². The lowest BCUT2D eigenvalue weighted by Gasteiger charge is -2.39. The second-order valence-electron chi connectivity index (χ2n) is 8.37. The zero-order valence-corrected chi connectivity index (χ0v) is 17.1. The minimum atomic E-state index is -0.282. The van der Waals surface area contributed by atoms with Crippen LogP contribution in [0, 0.1) is 5.92 Å². The van der Waals surface area contributed by atoms with Gasteiger partial charge in [0.25, 0.3) is 0 Å². The molecular formula is C19H36N6O2+2. The highest BCUT2D eigenvalue weighted by Crippen LogP contribution is 2.17. The summed E-state index contributed by atoms with van der Waals surface area (Å²) in [5.74, 6) is 0.937. The molecular weight excluding hydrogens is 344 g/mol. The number of ether oxygens (including phenoxy) is 1. The molecule has 3 rings (SSSR count). The number of aromatic nitrogens is 4. The van der Waals surface area contributed by atoms with Crippen molar-refractivity contribution in [2.24, 2.45) is 5.92 Å². The maximum atomic E-state index is 11.9. The van der Waals surface area contributed by atoms with Crippen molar-refractivity contribution in [1.82, 2.24) is 20.2 Å². The van der Waals surface area contributed by atoms with Crippen molar-refractivity contribution in [2.75, 3.05) is 32.8 Å². The van der Waals surface area contributed by atoms with Gasteiger partial charge in [-0.05, 0) is 43.0 Å². The zero-order valence-electron chi connectivity index (χ0n) is 17.1. The third kappa shape index (κ3) is 5.04. The third-order valence-electron chi connectivity index (χ3n) is 6.25. The van der Waals surface area contributed by atoms with E-state index in [1.54, 1.807) is 14.5 Å². The first-order valence-electron chi connectivity index (χ1n) is 10.7. The first kappa shape index (κ1) is 20.2. The average Bonchev–Trinajstić information content (AvgIpc) is 3.10. The molecule has 2 fully saturated rings. The summed E-state index contributed by atoms with van der Waals surface area (Å²) in [7, 11) is 0. The molecule has 1 aromatic rings. The van der Waals surface area contributed by atoms with Crippen LogP contribution >= 0.6 is 0 Å². The highest BCUT2D eigenvalue weighted by Gasteiger charge is 2.38. The summed E-state index contributed by atoms with van der Waals surface area (Å²) in [4.78, 5) is 15.2. The van der Waals surface area contributed by atoms with E-state index in [0.717, 1.165) is 25.0 Å². The summed E-state index contributed by atoms with van der Waals surface area (Å²) in [6.07, 6.45) is 7.02. The fourth-order valence-corrected chi connectivity index (χ4v) is 4.95. The molecule has 1 saturated carbocycles. The van der Waals surface area contributed by atoms with Crippen LogP contribution in [0.25, 0.3) is 0 Å². The lowest BCUT2D eigenvalue weighted by atomic mass is 9.93. The maximum absolute atomic E-state index is 11.9. The van der Waals surface area contributed by atoms with Crippen molar-refractivity contribution in [1.29, 1.82) is 0 Å². The molecule has 1 saturated heterocycles. The lowest BCUT2D eigenvalue weighted by Crippen LogP contribution is -3.30. The first-order chi connectivity index (χ1) is 13.1. The van der Waals surface area contributed by atoms with Crippen molar-refractivity contribution in [3.05, 3.63) is 5.82 Å². The normalized spacial score (nSPS) is 25.5. The molecule has 0 radical (unpaired) electrons. The Morgan fingerprint density at radius 3 is 2.52 bits per heavy atom. The minimum absolute atomic E-state index is 0.0894. The van der Waals surface area contributed by atoms with E-state index in [4.69, 9.17) is 4.74 Å². The number of carbonyl (C=O) groups is 1. The Morgan fingerprint density at radius 2 is 1.89 bits per heavy atom. The molecule has 0 aromatic carbocycles. The van der Waals surface area contributed by atoms with Gasteiger partial charge in [0.1, 0.15) is 32.7 Å². The number of piperazine rings is 1. The van der Waals surface area contributed by atoms with Gasteiger partial charge in [0.15, 0.2) is 6.04 Å². The number of rotatable bonds is 7. The van der Waals surface area contributed by atoms with E-state index in [1.165, 1.54) is 45.2 Å². The van der Waals surface area contributed by atoms with Crippen LogP contribution in [-0.2, 0) is 16.1 Å². The molecule has 152 valence electrons. The van der Waals surface area contributed by atoms with Gasteiger partial charge in [-0.15, -0.1) is 5.10 Å². The maximum Gasteiger partial charge on any atom is 0.327 e. The van der Waals surface area contributed by atoms with Crippen LogP contribution in [-0.4, -0.2) is 65.0 Å². The van der Waals surface area contributed by atoms with Crippen molar-refractivity contribution in [3.8, 4) is 0 Å². The molecule has 8 nitrogen and oxygen atoms in total. The smallest absolute Gasteiger partial charge is 0.327 e. The predicted molar refractivity (Wildman–Crippen MR) is 100 cm³/mol. The molecule has 0 amide bonds. The van der Waals surface area contributed by atoms with Gasteiger partial charge >= 0.3 is 5.97 Å². The predicted octanol–water partition coefficient (Wildman–Crippen LogP) is -0.951. The van der Waals surface area contributed by atoms with E-state index >= 15 is 0 Å². The average molecular weight is 381 g/mol. The van der Waals surface area contributed by atoms with Gasteiger partial charge in [0, 0.05) is 5.92 Å². The SMILES string of the molecule is CCOC(=O)Cn1nnnc1[C@H](C(C)C)[NH+]1CC[NH+](C2CCCCC2)CC1. The van der Waals surface area contributed by atoms with Gasteiger partial charge in [0.05, 0.1) is 12.6 Å². The second kappa shape index (κ2) is 9.59. The quantitative estimate of drug-likeness (QED) is 0.597. The van der Waals surface area contributed by atoms with Crippen LogP contribution in [0.4, 0.5) is 0 Å². The molecule has 27 heavy (non-hydrogen) atoms. The fourth-order valence-electron chi connectivity index (χ4n) is 4.95. The summed E-state index contributed by atoms with van der Waals surface area (Å²) in [5.41, 5.74) is 0. The monoisotopic (exact) mass is 380 g/mol. The molecule has 0 spiro atoms. The van der Waals surface area contributed by atoms with Gasteiger partial charge in [0.2, 0.25) is 5.82 Å². The first-order valence-corrected chi connectivity index (χ1v) is 10.7. The van der Waals surface area contributed by atoms with Crippen LogP contribution in [0.2, 0.25) is 0 Å². The van der Waals surface area contributed by atoms with E-state index < -0.39 is 0 Å². The molecule has 1 aliphatic heterocycles. The summed E-state index contributed by atoms with van der Waals surface area (Å²) in [6.45, 7) is 11.5. The Balaban J connectivity index is 1.65. The third-order valence-corrected chi connectivity index (χ3v) is 6.25. The molecule has 0 unspecified atom stereocenters. The van der Waals surface area contributed by atoms with Crippen molar-refractivity contribution < 1.29 is 19.3 Å². The number of nitrogens with one attached hydrogen (secondary N) is 2. The Morgan fingerprint density at radius 1 is 1.19 bits per heavy atom. The Bertz CT molecular complexity index is 591. The van der Waals surface area contributed by atoms with Gasteiger partial charge in [-0.1, -0.05) is 20.3 Å². The topological polar surface area (TPSA) is 78.8 Å². The standard InChI is InChI=1S/C19H34N6O2/c1-4-27-17(26)14-25-19(20-21-22-25)18(15(2)3)24-12-10-23(11-13-24)16-8-6-5-7-9-16/h15-16,18H,4-14H2,1-3H3/p+2/t18-/m0/s1. The Hall–Kier alpha value is -1.54. The molecule has 2 heterocycles. The zero-order chi connectivity index (χ0) is 19.2. The Kier molecular flexibility index (Phi) is 7.18. The number of carbonyl (C=O) groups excluding carboxylic acids is 1. The summed E-state index contributed by atoms with van der Waals surface area (Å²) >= 11 is 0. The number of quaternary nitrogens is 2. The largest absolute Gasteiger partial charge is 0.465 e. The van der Waals surface area contributed by atoms with Crippen molar-refractivity contribution >= 4 is 5.97 Å². The number of hydrogen-bond acceptors (Lipinski definition) is 5. The molecule has 1 atom stereocenters.